The molecule has 1 aromatic rings. The lowest BCUT2D eigenvalue weighted by Crippen LogP contribution is -3.12. The molecule has 2 aliphatic rings. The highest BCUT2D eigenvalue weighted by Gasteiger charge is 2.40. The Morgan fingerprint density at radius 1 is 1.00 bits per heavy atom. The maximum atomic E-state index is 12.8. The molecule has 1 aromatic carbocycles. The minimum Gasteiger partial charge on any atom is -0.333 e. The molecule has 1 aliphatic carbocycles. The van der Waals surface area contributed by atoms with Crippen LogP contribution in [0, 0.1) is 0 Å². The molecule has 0 aromatic heterocycles. The van der Waals surface area contributed by atoms with Gasteiger partial charge in [-0.15, -0.1) is 0 Å². The lowest BCUT2D eigenvalue weighted by Gasteiger charge is -2.38. The zero-order valence-corrected chi connectivity index (χ0v) is 15.1. The fraction of sp³-hybridized carbons (Fsp3) is 0.647. The van der Waals surface area contributed by atoms with Crippen molar-refractivity contribution in [3.63, 3.8) is 0 Å². The Balaban J connectivity index is 1.80. The molecule has 2 fully saturated rings. The van der Waals surface area contributed by atoms with Gasteiger partial charge >= 0.3 is 0 Å². The van der Waals surface area contributed by atoms with Gasteiger partial charge in [-0.1, -0.05) is 30.9 Å². The van der Waals surface area contributed by atoms with Crippen LogP contribution in [0.4, 0.5) is 0 Å². The van der Waals surface area contributed by atoms with Gasteiger partial charge in [-0.3, -0.25) is 0 Å². The molecule has 2 N–H and O–H groups in total. The first-order valence-corrected chi connectivity index (χ1v) is 10.5. The number of hydrogen-bond acceptors (Lipinski definition) is 2. The first kappa shape index (κ1) is 17.2. The van der Waals surface area contributed by atoms with E-state index in [1.807, 2.05) is 0 Å². The highest BCUT2D eigenvalue weighted by molar-refractivity contribution is 7.89. The molecular formula is C17H26ClN2O2S+. The van der Waals surface area contributed by atoms with Gasteiger partial charge in [0.2, 0.25) is 10.0 Å². The molecule has 0 radical (unpaired) electrons. The second-order valence-electron chi connectivity index (χ2n) is 7.03. The van der Waals surface area contributed by atoms with Crippen LogP contribution in [0.5, 0.6) is 0 Å². The smallest absolute Gasteiger partial charge is 0.241 e. The Hall–Kier alpha value is -0.620. The molecule has 1 heterocycles. The Kier molecular flexibility index (Phi) is 5.31. The minimum absolute atomic E-state index is 0.281. The quantitative estimate of drug-likeness (QED) is 0.846. The summed E-state index contributed by atoms with van der Waals surface area (Å²) in [6, 6.07) is 6.44. The molecule has 0 atom stereocenters. The van der Waals surface area contributed by atoms with E-state index in [9.17, 15) is 8.42 Å². The molecule has 4 nitrogen and oxygen atoms in total. The summed E-state index contributed by atoms with van der Waals surface area (Å²) >= 11 is 5.88. The van der Waals surface area contributed by atoms with Crippen molar-refractivity contribution in [2.45, 2.75) is 55.4 Å². The Bertz CT molecular complexity index is 618. The topological polar surface area (TPSA) is 50.6 Å². The third-order valence-electron chi connectivity index (χ3n) is 5.18. The number of quaternary nitrogens is 1. The molecule has 1 aliphatic heterocycles. The summed E-state index contributed by atoms with van der Waals surface area (Å²) in [5.41, 5.74) is -0.281. The monoisotopic (exact) mass is 357 g/mol. The van der Waals surface area contributed by atoms with Crippen molar-refractivity contribution in [3.05, 3.63) is 29.3 Å². The minimum atomic E-state index is -3.50. The van der Waals surface area contributed by atoms with Crippen LogP contribution >= 0.6 is 11.6 Å². The van der Waals surface area contributed by atoms with Crippen molar-refractivity contribution >= 4 is 21.6 Å². The van der Waals surface area contributed by atoms with E-state index in [2.05, 4.69) is 4.72 Å². The van der Waals surface area contributed by atoms with Crippen molar-refractivity contribution in [3.8, 4) is 0 Å². The largest absolute Gasteiger partial charge is 0.333 e. The zero-order valence-electron chi connectivity index (χ0n) is 13.5. The second-order valence-corrected chi connectivity index (χ2v) is 9.15. The predicted octanol–water partition coefficient (Wildman–Crippen LogP) is 2.00. The van der Waals surface area contributed by atoms with Crippen LogP contribution in [0.15, 0.2) is 29.2 Å². The third-order valence-corrected chi connectivity index (χ3v) is 7.03. The fourth-order valence-electron chi connectivity index (χ4n) is 4.03. The molecule has 0 bridgehead atoms. The highest BCUT2D eigenvalue weighted by Crippen LogP contribution is 2.29. The van der Waals surface area contributed by atoms with Crippen molar-refractivity contribution < 1.29 is 13.3 Å². The van der Waals surface area contributed by atoms with E-state index in [0.717, 1.165) is 32.2 Å². The van der Waals surface area contributed by atoms with Gasteiger partial charge < -0.3 is 4.90 Å². The molecule has 3 rings (SSSR count). The summed E-state index contributed by atoms with van der Waals surface area (Å²) in [4.78, 5) is 1.86. The molecule has 23 heavy (non-hydrogen) atoms. The molecule has 1 saturated heterocycles. The second kappa shape index (κ2) is 7.09. The Morgan fingerprint density at radius 2 is 1.61 bits per heavy atom. The number of rotatable bonds is 5. The number of halogens is 1. The van der Waals surface area contributed by atoms with Crippen LogP contribution in [-0.2, 0) is 10.0 Å². The van der Waals surface area contributed by atoms with Gasteiger partial charge in [0, 0.05) is 17.9 Å². The lowest BCUT2D eigenvalue weighted by atomic mass is 9.82. The number of hydrogen-bond donors (Lipinski definition) is 2. The first-order chi connectivity index (χ1) is 11.0. The van der Waals surface area contributed by atoms with Crippen molar-refractivity contribution in [2.24, 2.45) is 0 Å². The summed E-state index contributed by atoms with van der Waals surface area (Å²) in [7, 11) is -3.50. The number of nitrogens with one attached hydrogen (secondary N) is 2. The van der Waals surface area contributed by atoms with Gasteiger partial charge in [0.25, 0.3) is 0 Å². The van der Waals surface area contributed by atoms with Crippen molar-refractivity contribution in [2.75, 3.05) is 19.6 Å². The number of sulfonamides is 1. The van der Waals surface area contributed by atoms with Crippen molar-refractivity contribution in [1.29, 1.82) is 0 Å². The molecule has 0 spiro atoms. The SMILES string of the molecule is O=S(=O)(NC1(C[NH+]2CCCC2)CCCCC1)c1ccc(Cl)cc1. The summed E-state index contributed by atoms with van der Waals surface area (Å²) in [6.45, 7) is 3.26. The van der Waals surface area contributed by atoms with Gasteiger partial charge in [-0.05, 0) is 37.1 Å². The fourth-order valence-corrected chi connectivity index (χ4v) is 5.62. The van der Waals surface area contributed by atoms with Crippen LogP contribution in [0.1, 0.15) is 44.9 Å². The number of likely N-dealkylation sites (tertiary alicyclic amines) is 1. The summed E-state index contributed by atoms with van der Waals surface area (Å²) < 4.78 is 28.7. The van der Waals surface area contributed by atoms with E-state index in [0.29, 0.717) is 9.92 Å². The summed E-state index contributed by atoms with van der Waals surface area (Å²) in [5.74, 6) is 0. The Morgan fingerprint density at radius 3 is 2.22 bits per heavy atom. The third kappa shape index (κ3) is 4.27. The maximum Gasteiger partial charge on any atom is 0.241 e. The van der Waals surface area contributed by atoms with E-state index in [1.54, 1.807) is 29.2 Å². The van der Waals surface area contributed by atoms with E-state index >= 15 is 0 Å². The van der Waals surface area contributed by atoms with Gasteiger partial charge in [0.1, 0.15) is 0 Å². The van der Waals surface area contributed by atoms with Crippen LogP contribution in [-0.4, -0.2) is 33.6 Å². The van der Waals surface area contributed by atoms with E-state index in [4.69, 9.17) is 11.6 Å². The van der Waals surface area contributed by atoms with Gasteiger partial charge in [-0.25, -0.2) is 8.42 Å². The van der Waals surface area contributed by atoms with Crippen molar-refractivity contribution in [1.82, 2.24) is 4.72 Å². The first-order valence-electron chi connectivity index (χ1n) is 8.62. The zero-order chi connectivity index (χ0) is 16.3. The lowest BCUT2D eigenvalue weighted by molar-refractivity contribution is -0.891. The number of benzene rings is 1. The normalized spacial score (nSPS) is 22.3. The van der Waals surface area contributed by atoms with E-state index in [1.165, 1.54) is 32.4 Å². The van der Waals surface area contributed by atoms with Gasteiger partial charge in [-0.2, -0.15) is 4.72 Å². The average Bonchev–Trinajstić information content (AvgIpc) is 3.00. The molecule has 0 unspecified atom stereocenters. The maximum absolute atomic E-state index is 12.8. The molecule has 0 amide bonds. The van der Waals surface area contributed by atoms with E-state index < -0.39 is 10.0 Å². The van der Waals surface area contributed by atoms with Crippen LogP contribution in [0.3, 0.4) is 0 Å². The molecule has 1 saturated carbocycles. The summed E-state index contributed by atoms with van der Waals surface area (Å²) in [6.07, 6.45) is 7.84. The van der Waals surface area contributed by atoms with Crippen LogP contribution in [0.2, 0.25) is 5.02 Å². The molecule has 128 valence electrons. The van der Waals surface area contributed by atoms with Gasteiger partial charge in [0.05, 0.1) is 30.1 Å². The van der Waals surface area contributed by atoms with Crippen LogP contribution in [0.25, 0.3) is 0 Å². The molecular weight excluding hydrogens is 332 g/mol. The standard InChI is InChI=1S/C17H25ClN2O2S/c18-15-6-8-16(9-7-15)23(21,22)19-17(10-2-1-3-11-17)14-20-12-4-5-13-20/h6-9,19H,1-5,10-14H2/p+1. The summed E-state index contributed by atoms with van der Waals surface area (Å²) in [5, 5.41) is 0.554. The highest BCUT2D eigenvalue weighted by atomic mass is 35.5. The predicted molar refractivity (Wildman–Crippen MR) is 92.4 cm³/mol. The van der Waals surface area contributed by atoms with Crippen LogP contribution < -0.4 is 9.62 Å². The molecule has 6 heteroatoms. The Labute approximate surface area is 144 Å². The average molecular weight is 358 g/mol. The van der Waals surface area contributed by atoms with Gasteiger partial charge in [0.15, 0.2) is 0 Å². The van der Waals surface area contributed by atoms with E-state index in [-0.39, 0.29) is 5.54 Å².